The van der Waals surface area contributed by atoms with Gasteiger partial charge < -0.3 is 10.5 Å². The number of ether oxygens (including phenoxy) is 1. The van der Waals surface area contributed by atoms with Gasteiger partial charge in [0.2, 0.25) is 0 Å². The van der Waals surface area contributed by atoms with Crippen molar-refractivity contribution in [3.8, 4) is 17.0 Å². The molecule has 0 fully saturated rings. The minimum absolute atomic E-state index is 0. The van der Waals surface area contributed by atoms with Crippen LogP contribution in [0.4, 0.5) is 4.39 Å². The third kappa shape index (κ3) is 3.82. The molecule has 1 aromatic heterocycles. The molecule has 2 N–H and O–H groups in total. The third-order valence-corrected chi connectivity index (χ3v) is 2.81. The molecule has 4 nitrogen and oxygen atoms in total. The molecule has 0 saturated carbocycles. The largest absolute Gasteiger partial charge is 0.489 e. The van der Waals surface area contributed by atoms with Gasteiger partial charge in [-0.1, -0.05) is 0 Å². The first-order valence-electron chi connectivity index (χ1n) is 5.94. The van der Waals surface area contributed by atoms with E-state index in [1.165, 1.54) is 0 Å². The second-order valence-electron chi connectivity index (χ2n) is 4.12. The highest BCUT2D eigenvalue weighted by molar-refractivity contribution is 5.85. The molecule has 0 spiro atoms. The maximum absolute atomic E-state index is 12.3. The van der Waals surface area contributed by atoms with Crippen LogP contribution in [0.25, 0.3) is 11.3 Å². The van der Waals surface area contributed by atoms with E-state index in [2.05, 4.69) is 5.10 Å². The highest BCUT2D eigenvalue weighted by Crippen LogP contribution is 2.21. The van der Waals surface area contributed by atoms with Crippen molar-refractivity contribution in [2.45, 2.75) is 0 Å². The maximum Gasteiger partial charge on any atom is 0.119 e. The molecular weight excluding hydrogens is 281 g/mol. The molecule has 1 heterocycles. The summed E-state index contributed by atoms with van der Waals surface area (Å²) in [6, 6.07) is 9.50. The lowest BCUT2D eigenvalue weighted by Crippen LogP contribution is -2.10. The second kappa shape index (κ2) is 7.67. The Hall–Kier alpha value is -1.85. The molecule has 1 aromatic carbocycles. The van der Waals surface area contributed by atoms with Gasteiger partial charge in [0.15, 0.2) is 0 Å². The number of aromatic nitrogens is 2. The van der Waals surface area contributed by atoms with E-state index in [1.54, 1.807) is 10.9 Å². The molecule has 0 amide bonds. The van der Waals surface area contributed by atoms with Crippen LogP contribution in [0.2, 0.25) is 0 Å². The molecule has 0 bridgehead atoms. The molecule has 0 aliphatic carbocycles. The summed E-state index contributed by atoms with van der Waals surface area (Å²) in [5.74, 6) is 0.679. The topological polar surface area (TPSA) is 53.1 Å². The molecule has 6 heteroatoms. The molecule has 0 aliphatic rings. The van der Waals surface area contributed by atoms with E-state index >= 15 is 0 Å². The Morgan fingerprint density at radius 3 is 2.55 bits per heavy atom. The average molecular weight is 298 g/mol. The molecule has 2 aromatic rings. The average Bonchev–Trinajstić information content (AvgIpc) is 2.87. The summed E-state index contributed by atoms with van der Waals surface area (Å²) in [7, 11) is 1.89. The fraction of sp³-hybridized carbons (Fsp3) is 0.214. The van der Waals surface area contributed by atoms with E-state index in [0.717, 1.165) is 11.3 Å². The van der Waals surface area contributed by atoms with Gasteiger partial charge in [0.1, 0.15) is 12.4 Å². The highest BCUT2D eigenvalue weighted by Gasteiger charge is 2.03. The van der Waals surface area contributed by atoms with E-state index in [-0.39, 0.29) is 25.6 Å². The van der Waals surface area contributed by atoms with Crippen LogP contribution in [0.3, 0.4) is 0 Å². The molecule has 0 atom stereocenters. The number of nitrogens with zero attached hydrogens (tertiary/aromatic N) is 2. The zero-order valence-electron chi connectivity index (χ0n) is 11.1. The van der Waals surface area contributed by atoms with E-state index < -0.39 is 0 Å². The normalized spacial score (nSPS) is 11.1. The number of hydrogen-bond donors (Lipinski definition) is 1. The Morgan fingerprint density at radius 2 is 2.05 bits per heavy atom. The van der Waals surface area contributed by atoms with Gasteiger partial charge in [-0.25, -0.2) is 4.39 Å². The smallest absolute Gasteiger partial charge is 0.119 e. The van der Waals surface area contributed by atoms with Gasteiger partial charge in [-0.3, -0.25) is 4.68 Å². The third-order valence-electron chi connectivity index (χ3n) is 2.81. The summed E-state index contributed by atoms with van der Waals surface area (Å²) in [5, 5.41) is 4.12. The number of nitrogens with two attached hydrogens (primary N) is 1. The van der Waals surface area contributed by atoms with Crippen molar-refractivity contribution >= 4 is 12.4 Å². The van der Waals surface area contributed by atoms with Crippen LogP contribution in [0.5, 0.6) is 5.75 Å². The number of aryl methyl sites for hydroxylation is 1. The lowest BCUT2D eigenvalue weighted by atomic mass is 10.1. The first-order chi connectivity index (χ1) is 9.24. The van der Waals surface area contributed by atoms with Gasteiger partial charge >= 0.3 is 0 Å². The van der Waals surface area contributed by atoms with Crippen molar-refractivity contribution < 1.29 is 9.13 Å². The van der Waals surface area contributed by atoms with Crippen molar-refractivity contribution in [2.24, 2.45) is 12.8 Å². The molecule has 0 radical (unpaired) electrons. The Kier molecular flexibility index (Phi) is 6.21. The molecule has 2 rings (SSSR count). The molecule has 20 heavy (non-hydrogen) atoms. The molecule has 0 aliphatic heterocycles. The van der Waals surface area contributed by atoms with Gasteiger partial charge in [0, 0.05) is 30.9 Å². The highest BCUT2D eigenvalue weighted by atomic mass is 35.5. The number of rotatable bonds is 5. The predicted octanol–water partition coefficient (Wildman–Crippen LogP) is 2.70. The SMILES string of the molecule is Cl.Cn1nccc1-c1ccc(OC/C(=C\F)CN)cc1. The standard InChI is InChI=1S/C14H16FN3O.ClH/c1-18-14(6-7-17-18)12-2-4-13(5-3-12)19-10-11(8-15)9-16;/h2-8H,9-10,16H2,1H3;1H/b11-8-;. The molecule has 0 unspecified atom stereocenters. The van der Waals surface area contributed by atoms with E-state index in [1.807, 2.05) is 37.4 Å². The van der Waals surface area contributed by atoms with Crippen LogP contribution in [-0.2, 0) is 7.05 Å². The minimum Gasteiger partial charge on any atom is -0.489 e. The van der Waals surface area contributed by atoms with E-state index in [9.17, 15) is 4.39 Å². The summed E-state index contributed by atoms with van der Waals surface area (Å²) < 4.78 is 19.6. The van der Waals surface area contributed by atoms with Crippen molar-refractivity contribution in [2.75, 3.05) is 13.2 Å². The van der Waals surface area contributed by atoms with Crippen LogP contribution in [0.15, 0.2) is 48.4 Å². The predicted molar refractivity (Wildman–Crippen MR) is 79.6 cm³/mol. The molecule has 108 valence electrons. The Morgan fingerprint density at radius 1 is 1.35 bits per heavy atom. The second-order valence-corrected chi connectivity index (χ2v) is 4.12. The summed E-state index contributed by atoms with van der Waals surface area (Å²) in [6.45, 7) is 0.321. The number of benzene rings is 1. The van der Waals surface area contributed by atoms with Crippen LogP contribution in [-0.4, -0.2) is 22.9 Å². The van der Waals surface area contributed by atoms with Crippen molar-refractivity contribution in [3.63, 3.8) is 0 Å². The molecular formula is C14H17ClFN3O. The zero-order chi connectivity index (χ0) is 13.7. The van der Waals surface area contributed by atoms with Gasteiger partial charge in [-0.15, -0.1) is 12.4 Å². The summed E-state index contributed by atoms with van der Waals surface area (Å²) >= 11 is 0. The fourth-order valence-electron chi connectivity index (χ4n) is 1.69. The fourth-order valence-corrected chi connectivity index (χ4v) is 1.69. The maximum atomic E-state index is 12.3. The van der Waals surface area contributed by atoms with Crippen LogP contribution in [0.1, 0.15) is 0 Å². The molecule has 0 saturated heterocycles. The number of halogens is 2. The summed E-state index contributed by atoms with van der Waals surface area (Å²) in [6.07, 6.45) is 2.24. The van der Waals surface area contributed by atoms with Crippen LogP contribution in [0, 0.1) is 0 Å². The lowest BCUT2D eigenvalue weighted by Gasteiger charge is -2.08. The Bertz CT molecular complexity index is 566. The van der Waals surface area contributed by atoms with Crippen LogP contribution < -0.4 is 10.5 Å². The minimum atomic E-state index is 0. The Labute approximate surface area is 123 Å². The van der Waals surface area contributed by atoms with Gasteiger partial charge in [-0.05, 0) is 30.3 Å². The first-order valence-corrected chi connectivity index (χ1v) is 5.94. The van der Waals surface area contributed by atoms with E-state index in [0.29, 0.717) is 17.7 Å². The monoisotopic (exact) mass is 297 g/mol. The van der Waals surface area contributed by atoms with Crippen molar-refractivity contribution in [3.05, 3.63) is 48.4 Å². The quantitative estimate of drug-likeness (QED) is 0.923. The van der Waals surface area contributed by atoms with Crippen molar-refractivity contribution in [1.29, 1.82) is 0 Å². The van der Waals surface area contributed by atoms with Gasteiger partial charge in [0.05, 0.1) is 12.0 Å². The Balaban J connectivity index is 0.00000200. The zero-order valence-corrected chi connectivity index (χ0v) is 11.9. The first kappa shape index (κ1) is 16.2. The van der Waals surface area contributed by atoms with Crippen molar-refractivity contribution in [1.82, 2.24) is 9.78 Å². The van der Waals surface area contributed by atoms with Gasteiger partial charge in [-0.2, -0.15) is 5.10 Å². The van der Waals surface area contributed by atoms with Crippen LogP contribution >= 0.6 is 12.4 Å². The lowest BCUT2D eigenvalue weighted by molar-refractivity contribution is 0.347. The summed E-state index contributed by atoms with van der Waals surface area (Å²) in [4.78, 5) is 0. The number of hydrogen-bond acceptors (Lipinski definition) is 3. The van der Waals surface area contributed by atoms with E-state index in [4.69, 9.17) is 10.5 Å². The summed E-state index contributed by atoms with van der Waals surface area (Å²) in [5.41, 5.74) is 7.86. The van der Waals surface area contributed by atoms with Gasteiger partial charge in [0.25, 0.3) is 0 Å².